The molecule has 0 unspecified atom stereocenters. The molecule has 3 aromatic rings. The number of aryl methyl sites for hydroxylation is 3. The van der Waals surface area contributed by atoms with Crippen molar-refractivity contribution in [3.63, 3.8) is 0 Å². The number of methoxy groups -OCH3 is 1. The number of hydrogen-bond acceptors (Lipinski definition) is 6. The van der Waals surface area contributed by atoms with Crippen LogP contribution in [0.15, 0.2) is 47.6 Å². The van der Waals surface area contributed by atoms with Gasteiger partial charge in [0.1, 0.15) is 16.8 Å². The number of benzene rings is 2. The van der Waals surface area contributed by atoms with Gasteiger partial charge >= 0.3 is 0 Å². The molecule has 0 spiro atoms. The van der Waals surface area contributed by atoms with Crippen molar-refractivity contribution in [1.29, 1.82) is 0 Å². The molecule has 2 N–H and O–H groups in total. The van der Waals surface area contributed by atoms with Gasteiger partial charge in [-0.2, -0.15) is 0 Å². The zero-order valence-corrected chi connectivity index (χ0v) is 17.6. The van der Waals surface area contributed by atoms with E-state index in [0.717, 1.165) is 34.0 Å². The minimum Gasteiger partial charge on any atom is -0.497 e. The van der Waals surface area contributed by atoms with E-state index in [1.807, 2.05) is 61.8 Å². The number of hydrogen-bond donors (Lipinski definition) is 2. The third-order valence-electron chi connectivity index (χ3n) is 4.82. The summed E-state index contributed by atoms with van der Waals surface area (Å²) in [4.78, 5) is 13.3. The lowest BCUT2D eigenvalue weighted by molar-refractivity contribution is -0.116. The normalized spacial score (nSPS) is 17.9. The Kier molecular flexibility index (Phi) is 5.19. The van der Waals surface area contributed by atoms with E-state index in [-0.39, 0.29) is 11.9 Å². The molecule has 0 bridgehead atoms. The number of anilines is 1. The first-order chi connectivity index (χ1) is 13.9. The molecule has 150 valence electrons. The zero-order chi connectivity index (χ0) is 20.5. The average Bonchev–Trinajstić information content (AvgIpc) is 3.06. The number of thioether (sulfide) groups is 1. The minimum atomic E-state index is -0.416. The Morgan fingerprint density at radius 1 is 1.10 bits per heavy atom. The highest BCUT2D eigenvalue weighted by Crippen LogP contribution is 2.38. The van der Waals surface area contributed by atoms with Gasteiger partial charge in [-0.15, -0.1) is 10.2 Å². The number of aromatic nitrogens is 3. The molecule has 0 saturated carbocycles. The van der Waals surface area contributed by atoms with Gasteiger partial charge in [-0.1, -0.05) is 30.0 Å². The quantitative estimate of drug-likeness (QED) is 0.685. The molecular weight excluding hydrogens is 386 g/mol. The number of ether oxygens (including phenoxy) is 1. The van der Waals surface area contributed by atoms with Crippen LogP contribution in [0.25, 0.3) is 0 Å². The van der Waals surface area contributed by atoms with Crippen LogP contribution in [0.2, 0.25) is 0 Å². The van der Waals surface area contributed by atoms with Crippen LogP contribution in [-0.4, -0.2) is 33.1 Å². The van der Waals surface area contributed by atoms with Gasteiger partial charge in [-0.3, -0.25) is 4.79 Å². The molecule has 29 heavy (non-hydrogen) atoms. The van der Waals surface area contributed by atoms with Crippen LogP contribution in [0.4, 0.5) is 5.69 Å². The standard InChI is InChI=1S/C21H23N5O2S/c1-12-9-13(2)11-16(10-12)22-20(27)19-18(15-5-7-17(28-4)8-6-15)25-26-14(3)23-24-21(26)29-19/h5-11,18-19,25H,1-4H3,(H,22,27)/t18-,19-/m0/s1. The van der Waals surface area contributed by atoms with Gasteiger partial charge < -0.3 is 15.5 Å². The summed E-state index contributed by atoms with van der Waals surface area (Å²) in [6.45, 7) is 5.92. The summed E-state index contributed by atoms with van der Waals surface area (Å²) in [5.74, 6) is 1.44. The van der Waals surface area contributed by atoms with Gasteiger partial charge in [-0.05, 0) is 61.7 Å². The molecule has 7 nitrogen and oxygen atoms in total. The SMILES string of the molecule is COc1ccc([C@@H]2Nn3c(C)nnc3S[C@@H]2C(=O)Nc2cc(C)cc(C)c2)cc1. The molecule has 0 saturated heterocycles. The third-order valence-corrected chi connectivity index (χ3v) is 6.04. The summed E-state index contributed by atoms with van der Waals surface area (Å²) in [6, 6.07) is 13.5. The Morgan fingerprint density at radius 2 is 1.79 bits per heavy atom. The molecule has 1 aliphatic heterocycles. The summed E-state index contributed by atoms with van der Waals surface area (Å²) in [6.07, 6.45) is 0. The van der Waals surface area contributed by atoms with Crippen LogP contribution in [0.3, 0.4) is 0 Å². The van der Waals surface area contributed by atoms with Gasteiger partial charge in [-0.25, -0.2) is 4.68 Å². The smallest absolute Gasteiger partial charge is 0.240 e. The number of fused-ring (bicyclic) bond motifs is 1. The number of nitrogens with zero attached hydrogens (tertiary/aromatic N) is 3. The summed E-state index contributed by atoms with van der Waals surface area (Å²) in [5.41, 5.74) is 7.40. The van der Waals surface area contributed by atoms with E-state index in [0.29, 0.717) is 5.16 Å². The molecule has 4 rings (SSSR count). The Labute approximate surface area is 173 Å². The van der Waals surface area contributed by atoms with Crippen molar-refractivity contribution in [1.82, 2.24) is 14.9 Å². The van der Waals surface area contributed by atoms with Crippen LogP contribution in [0.1, 0.15) is 28.6 Å². The maximum absolute atomic E-state index is 13.3. The lowest BCUT2D eigenvalue weighted by atomic mass is 10.0. The van der Waals surface area contributed by atoms with E-state index in [1.54, 1.807) is 7.11 Å². The molecule has 2 heterocycles. The molecule has 1 aromatic heterocycles. The highest BCUT2D eigenvalue weighted by atomic mass is 32.2. The largest absolute Gasteiger partial charge is 0.497 e. The molecule has 1 amide bonds. The van der Waals surface area contributed by atoms with Crippen LogP contribution in [0.5, 0.6) is 5.75 Å². The lowest BCUT2D eigenvalue weighted by Crippen LogP contribution is -2.41. The van der Waals surface area contributed by atoms with Crippen molar-refractivity contribution in [2.45, 2.75) is 37.2 Å². The fraction of sp³-hybridized carbons (Fsp3) is 0.286. The fourth-order valence-corrected chi connectivity index (χ4v) is 4.61. The number of amides is 1. The molecule has 0 radical (unpaired) electrons. The van der Waals surface area contributed by atoms with E-state index < -0.39 is 5.25 Å². The molecular formula is C21H23N5O2S. The fourth-order valence-electron chi connectivity index (χ4n) is 3.48. The molecule has 2 aromatic carbocycles. The van der Waals surface area contributed by atoms with Crippen molar-refractivity contribution >= 4 is 23.4 Å². The van der Waals surface area contributed by atoms with Gasteiger partial charge in [0, 0.05) is 5.69 Å². The van der Waals surface area contributed by atoms with Gasteiger partial charge in [0.25, 0.3) is 0 Å². The Hall–Kier alpha value is -3.00. The van der Waals surface area contributed by atoms with E-state index in [9.17, 15) is 4.79 Å². The predicted octanol–water partition coefficient (Wildman–Crippen LogP) is 3.61. The second-order valence-corrected chi connectivity index (χ2v) is 8.26. The lowest BCUT2D eigenvalue weighted by Gasteiger charge is -2.32. The maximum Gasteiger partial charge on any atom is 0.240 e. The second-order valence-electron chi connectivity index (χ2n) is 7.15. The van der Waals surface area contributed by atoms with Gasteiger partial charge in [0.2, 0.25) is 11.1 Å². The van der Waals surface area contributed by atoms with Gasteiger partial charge in [0.15, 0.2) is 0 Å². The highest BCUT2D eigenvalue weighted by molar-refractivity contribution is 8.00. The van der Waals surface area contributed by atoms with Crippen LogP contribution >= 0.6 is 11.8 Å². The molecule has 8 heteroatoms. The Balaban J connectivity index is 1.66. The second kappa shape index (κ2) is 7.79. The summed E-state index contributed by atoms with van der Waals surface area (Å²) >= 11 is 1.41. The Morgan fingerprint density at radius 3 is 2.45 bits per heavy atom. The van der Waals surface area contributed by atoms with E-state index >= 15 is 0 Å². The van der Waals surface area contributed by atoms with Crippen molar-refractivity contribution in [2.24, 2.45) is 0 Å². The first-order valence-electron chi connectivity index (χ1n) is 9.33. The number of carbonyl (C=O) groups is 1. The minimum absolute atomic E-state index is 0.0831. The molecule has 0 aliphatic carbocycles. The summed E-state index contributed by atoms with van der Waals surface area (Å²) in [5, 5.41) is 11.7. The molecule has 2 atom stereocenters. The highest BCUT2D eigenvalue weighted by Gasteiger charge is 2.37. The maximum atomic E-state index is 13.3. The number of rotatable bonds is 4. The zero-order valence-electron chi connectivity index (χ0n) is 16.8. The summed E-state index contributed by atoms with van der Waals surface area (Å²) < 4.78 is 7.10. The van der Waals surface area contributed by atoms with Crippen LogP contribution < -0.4 is 15.5 Å². The number of carbonyl (C=O) groups excluding carboxylic acids is 1. The van der Waals surface area contributed by atoms with Crippen molar-refractivity contribution < 1.29 is 9.53 Å². The molecule has 0 fully saturated rings. The molecule has 1 aliphatic rings. The van der Waals surface area contributed by atoms with Gasteiger partial charge in [0.05, 0.1) is 13.2 Å². The average molecular weight is 410 g/mol. The van der Waals surface area contributed by atoms with E-state index in [2.05, 4.69) is 27.0 Å². The third kappa shape index (κ3) is 3.93. The van der Waals surface area contributed by atoms with E-state index in [4.69, 9.17) is 4.74 Å². The Bertz CT molecular complexity index is 1030. The van der Waals surface area contributed by atoms with Crippen molar-refractivity contribution in [2.75, 3.05) is 17.9 Å². The van der Waals surface area contributed by atoms with Crippen molar-refractivity contribution in [3.8, 4) is 5.75 Å². The monoisotopic (exact) mass is 409 g/mol. The number of nitrogens with one attached hydrogen (secondary N) is 2. The van der Waals surface area contributed by atoms with E-state index in [1.165, 1.54) is 11.8 Å². The first-order valence-corrected chi connectivity index (χ1v) is 10.2. The van der Waals surface area contributed by atoms with Crippen LogP contribution in [-0.2, 0) is 4.79 Å². The summed E-state index contributed by atoms with van der Waals surface area (Å²) in [7, 11) is 1.64. The van der Waals surface area contributed by atoms with Crippen molar-refractivity contribution in [3.05, 3.63) is 65.0 Å². The van der Waals surface area contributed by atoms with Crippen LogP contribution in [0, 0.1) is 20.8 Å². The predicted molar refractivity (Wildman–Crippen MR) is 114 cm³/mol. The topological polar surface area (TPSA) is 81.1 Å². The first kappa shape index (κ1) is 19.3.